The van der Waals surface area contributed by atoms with Gasteiger partial charge in [0, 0.05) is 0 Å². The summed E-state index contributed by atoms with van der Waals surface area (Å²) < 4.78 is 0. The summed E-state index contributed by atoms with van der Waals surface area (Å²) in [5, 5.41) is 12.9. The molecule has 38 heavy (non-hydrogen) atoms. The average molecular weight is 481 g/mol. The van der Waals surface area contributed by atoms with Gasteiger partial charge in [0.05, 0.1) is 0 Å². The van der Waals surface area contributed by atoms with E-state index in [0.29, 0.717) is 0 Å². The van der Waals surface area contributed by atoms with Crippen molar-refractivity contribution in [1.29, 1.82) is 0 Å². The van der Waals surface area contributed by atoms with Crippen LogP contribution in [0, 0.1) is 0 Å². The first kappa shape index (κ1) is 21.2. The van der Waals surface area contributed by atoms with Gasteiger partial charge in [-0.3, -0.25) is 0 Å². The molecular weight excluding hydrogens is 456 g/mol. The molecule has 0 aliphatic heterocycles. The Morgan fingerprint density at radius 2 is 0.500 bits per heavy atom. The average Bonchev–Trinajstić information content (AvgIpc) is 3.00. The van der Waals surface area contributed by atoms with Crippen LogP contribution in [0.4, 0.5) is 0 Å². The van der Waals surface area contributed by atoms with Gasteiger partial charge in [-0.2, -0.15) is 0 Å². The fourth-order valence-corrected chi connectivity index (χ4v) is 6.32. The summed E-state index contributed by atoms with van der Waals surface area (Å²) >= 11 is 0. The van der Waals surface area contributed by atoms with Crippen molar-refractivity contribution in [1.82, 2.24) is 0 Å². The standard InChI is InChI=1S/C38H24/c1-3-13-27-25(11-1)23-37(33-19-9-5-15-29(27)33)35-21-22-36(32-18-8-7-17-31(32)35)38-24-26-12-2-4-14-28(26)30-16-6-10-20-34(30)38/h1-24H. The molecule has 0 unspecified atom stereocenters. The maximum atomic E-state index is 2.37. The van der Waals surface area contributed by atoms with Crippen molar-refractivity contribution in [2.75, 3.05) is 0 Å². The second-order valence-electron chi connectivity index (χ2n) is 10.1. The molecule has 0 saturated carbocycles. The van der Waals surface area contributed by atoms with Crippen molar-refractivity contribution >= 4 is 53.9 Å². The lowest BCUT2D eigenvalue weighted by molar-refractivity contribution is 1.68. The molecule has 8 aromatic rings. The third kappa shape index (κ3) is 3.11. The molecule has 0 bridgehead atoms. The van der Waals surface area contributed by atoms with Crippen LogP contribution >= 0.6 is 0 Å². The molecule has 0 N–H and O–H groups in total. The van der Waals surface area contributed by atoms with Crippen molar-refractivity contribution in [3.63, 3.8) is 0 Å². The van der Waals surface area contributed by atoms with Crippen molar-refractivity contribution < 1.29 is 0 Å². The summed E-state index contributed by atoms with van der Waals surface area (Å²) in [6, 6.07) is 53.3. The van der Waals surface area contributed by atoms with Crippen LogP contribution in [-0.4, -0.2) is 0 Å². The largest absolute Gasteiger partial charge is 0.0616 e. The molecule has 0 saturated heterocycles. The van der Waals surface area contributed by atoms with Gasteiger partial charge in [-0.15, -0.1) is 0 Å². The predicted octanol–water partition coefficient (Wildman–Crippen LogP) is 10.8. The van der Waals surface area contributed by atoms with Gasteiger partial charge in [0.2, 0.25) is 0 Å². The molecule has 0 aliphatic rings. The van der Waals surface area contributed by atoms with Crippen LogP contribution < -0.4 is 0 Å². The van der Waals surface area contributed by atoms with Gasteiger partial charge in [0.1, 0.15) is 0 Å². The van der Waals surface area contributed by atoms with Crippen LogP contribution in [-0.2, 0) is 0 Å². The summed E-state index contributed by atoms with van der Waals surface area (Å²) in [4.78, 5) is 0. The highest BCUT2D eigenvalue weighted by Crippen LogP contribution is 2.43. The molecule has 0 nitrogen and oxygen atoms in total. The van der Waals surface area contributed by atoms with Crippen LogP contribution in [0.3, 0.4) is 0 Å². The van der Waals surface area contributed by atoms with E-state index in [1.54, 1.807) is 0 Å². The minimum absolute atomic E-state index is 1.27. The molecule has 0 spiro atoms. The Morgan fingerprint density at radius 3 is 0.895 bits per heavy atom. The molecule has 8 rings (SSSR count). The third-order valence-corrected chi connectivity index (χ3v) is 8.04. The summed E-state index contributed by atoms with van der Waals surface area (Å²) in [6.07, 6.45) is 0. The molecule has 8 aromatic carbocycles. The highest BCUT2D eigenvalue weighted by molar-refractivity contribution is 6.20. The summed E-state index contributed by atoms with van der Waals surface area (Å²) in [6.45, 7) is 0. The summed E-state index contributed by atoms with van der Waals surface area (Å²) in [5.41, 5.74) is 5.11. The number of fused-ring (bicyclic) bond motifs is 7. The second-order valence-corrected chi connectivity index (χ2v) is 10.1. The van der Waals surface area contributed by atoms with Crippen molar-refractivity contribution in [3.8, 4) is 22.3 Å². The maximum Gasteiger partial charge on any atom is -0.00928 e. The minimum atomic E-state index is 1.27. The van der Waals surface area contributed by atoms with Crippen LogP contribution in [0.5, 0.6) is 0 Å². The molecule has 0 atom stereocenters. The van der Waals surface area contributed by atoms with E-state index in [-0.39, 0.29) is 0 Å². The molecule has 0 fully saturated rings. The third-order valence-electron chi connectivity index (χ3n) is 8.04. The Hall–Kier alpha value is -4.94. The zero-order valence-corrected chi connectivity index (χ0v) is 20.9. The van der Waals surface area contributed by atoms with Crippen LogP contribution in [0.1, 0.15) is 0 Å². The summed E-state index contributed by atoms with van der Waals surface area (Å²) in [5.74, 6) is 0. The smallest absolute Gasteiger partial charge is 0.00928 e. The first-order valence-electron chi connectivity index (χ1n) is 13.2. The predicted molar refractivity (Wildman–Crippen MR) is 165 cm³/mol. The molecule has 0 radical (unpaired) electrons. The topological polar surface area (TPSA) is 0 Å². The Kier molecular flexibility index (Phi) is 4.62. The molecule has 0 heterocycles. The minimum Gasteiger partial charge on any atom is -0.0616 e. The molecule has 176 valence electrons. The van der Waals surface area contributed by atoms with Gasteiger partial charge < -0.3 is 0 Å². The van der Waals surface area contributed by atoms with E-state index in [1.807, 2.05) is 0 Å². The van der Waals surface area contributed by atoms with E-state index >= 15 is 0 Å². The highest BCUT2D eigenvalue weighted by atomic mass is 14.2. The number of hydrogen-bond donors (Lipinski definition) is 0. The van der Waals surface area contributed by atoms with E-state index in [0.717, 1.165) is 0 Å². The van der Waals surface area contributed by atoms with E-state index in [4.69, 9.17) is 0 Å². The highest BCUT2D eigenvalue weighted by Gasteiger charge is 2.15. The van der Waals surface area contributed by atoms with Crippen molar-refractivity contribution in [3.05, 3.63) is 146 Å². The number of hydrogen-bond acceptors (Lipinski definition) is 0. The SMILES string of the molecule is c1ccc2c(c1)cc(-c1ccc(-c3cc4ccccc4c4ccccc34)c3ccccc13)c1ccccc12. The lowest BCUT2D eigenvalue weighted by Gasteiger charge is -2.17. The van der Waals surface area contributed by atoms with Gasteiger partial charge in [0.15, 0.2) is 0 Å². The molecule has 0 aromatic heterocycles. The fraction of sp³-hybridized carbons (Fsp3) is 0. The van der Waals surface area contributed by atoms with Crippen LogP contribution in [0.25, 0.3) is 76.1 Å². The Labute approximate surface area is 221 Å². The Balaban J connectivity index is 1.46. The fourth-order valence-electron chi connectivity index (χ4n) is 6.32. The molecule has 0 aliphatic carbocycles. The zero-order chi connectivity index (χ0) is 25.1. The van der Waals surface area contributed by atoms with Crippen LogP contribution in [0.15, 0.2) is 146 Å². The van der Waals surface area contributed by atoms with E-state index in [9.17, 15) is 0 Å². The second kappa shape index (κ2) is 8.30. The monoisotopic (exact) mass is 480 g/mol. The van der Waals surface area contributed by atoms with E-state index < -0.39 is 0 Å². The quantitative estimate of drug-likeness (QED) is 0.216. The summed E-state index contributed by atoms with van der Waals surface area (Å²) in [7, 11) is 0. The lowest BCUT2D eigenvalue weighted by Crippen LogP contribution is -1.90. The Morgan fingerprint density at radius 1 is 0.211 bits per heavy atom. The van der Waals surface area contributed by atoms with E-state index in [1.165, 1.54) is 76.1 Å². The number of rotatable bonds is 2. The normalized spacial score (nSPS) is 11.7. The van der Waals surface area contributed by atoms with Gasteiger partial charge in [-0.25, -0.2) is 0 Å². The number of benzene rings is 8. The zero-order valence-electron chi connectivity index (χ0n) is 20.9. The van der Waals surface area contributed by atoms with Crippen LogP contribution in [0.2, 0.25) is 0 Å². The Bertz CT molecular complexity index is 2020. The van der Waals surface area contributed by atoms with Crippen molar-refractivity contribution in [2.24, 2.45) is 0 Å². The van der Waals surface area contributed by atoms with Gasteiger partial charge in [-0.05, 0) is 88.2 Å². The van der Waals surface area contributed by atoms with Gasteiger partial charge in [0.25, 0.3) is 0 Å². The van der Waals surface area contributed by atoms with Gasteiger partial charge >= 0.3 is 0 Å². The maximum absolute atomic E-state index is 2.37. The molecular formula is C38H24. The van der Waals surface area contributed by atoms with Crippen molar-refractivity contribution in [2.45, 2.75) is 0 Å². The molecule has 0 amide bonds. The van der Waals surface area contributed by atoms with E-state index in [2.05, 4.69) is 146 Å². The first-order chi connectivity index (χ1) is 18.9. The first-order valence-corrected chi connectivity index (χ1v) is 13.2. The molecule has 0 heteroatoms. The lowest BCUT2D eigenvalue weighted by atomic mass is 9.86. The van der Waals surface area contributed by atoms with Gasteiger partial charge in [-0.1, -0.05) is 133 Å².